The summed E-state index contributed by atoms with van der Waals surface area (Å²) in [6.45, 7) is 8.99. The van der Waals surface area contributed by atoms with Crippen LogP contribution in [0.3, 0.4) is 0 Å². The first kappa shape index (κ1) is 21.3. The second-order valence-electron chi connectivity index (χ2n) is 6.55. The lowest BCUT2D eigenvalue weighted by Gasteiger charge is -2.15. The van der Waals surface area contributed by atoms with E-state index in [9.17, 15) is 5.11 Å². The largest absolute Gasteiger partial charge is 0.491 e. The highest BCUT2D eigenvalue weighted by Gasteiger charge is 2.08. The van der Waals surface area contributed by atoms with E-state index in [0.29, 0.717) is 6.54 Å². The minimum Gasteiger partial charge on any atom is -0.491 e. The van der Waals surface area contributed by atoms with Gasteiger partial charge in [-0.25, -0.2) is 0 Å². The Bertz CT molecular complexity index is 501. The van der Waals surface area contributed by atoms with Gasteiger partial charge in [0.05, 0.1) is 18.8 Å². The lowest BCUT2D eigenvalue weighted by Crippen LogP contribution is -2.38. The fourth-order valence-corrected chi connectivity index (χ4v) is 2.27. The molecule has 0 heterocycles. The average Bonchev–Trinajstić information content (AvgIpc) is 2.56. The smallest absolute Gasteiger partial charge is 0.191 e. The Morgan fingerprint density at radius 1 is 1.20 bits per heavy atom. The molecule has 0 saturated carbocycles. The number of benzene rings is 1. The molecule has 0 bridgehead atoms. The Kier molecular flexibility index (Phi) is 9.96. The second kappa shape index (κ2) is 11.7. The maximum atomic E-state index is 10.3. The van der Waals surface area contributed by atoms with E-state index >= 15 is 0 Å². The third kappa shape index (κ3) is 9.31. The number of guanidine groups is 1. The lowest BCUT2D eigenvalue weighted by molar-refractivity contribution is 0.186. The van der Waals surface area contributed by atoms with Crippen LogP contribution in [0.2, 0.25) is 0 Å². The van der Waals surface area contributed by atoms with Crippen LogP contribution in [0.5, 0.6) is 5.75 Å². The molecule has 0 amide bonds. The Morgan fingerprint density at radius 3 is 2.44 bits per heavy atom. The third-order valence-electron chi connectivity index (χ3n) is 3.48. The van der Waals surface area contributed by atoms with Crippen LogP contribution >= 0.6 is 0 Å². The molecule has 0 aliphatic carbocycles. The van der Waals surface area contributed by atoms with Crippen molar-refractivity contribution in [2.24, 2.45) is 4.99 Å². The topological polar surface area (TPSA) is 69.1 Å². The Labute approximate surface area is 152 Å². The highest BCUT2D eigenvalue weighted by Crippen LogP contribution is 2.19. The van der Waals surface area contributed by atoms with E-state index in [1.54, 1.807) is 0 Å². The van der Waals surface area contributed by atoms with Crippen molar-refractivity contribution in [2.75, 3.05) is 40.3 Å². The van der Waals surface area contributed by atoms with Gasteiger partial charge in [-0.2, -0.15) is 0 Å². The van der Waals surface area contributed by atoms with Crippen LogP contribution in [0.25, 0.3) is 0 Å². The summed E-state index contributed by atoms with van der Waals surface area (Å²) in [7, 11) is 4.13. The zero-order valence-electron chi connectivity index (χ0n) is 16.2. The van der Waals surface area contributed by atoms with Gasteiger partial charge < -0.3 is 25.4 Å². The summed E-state index contributed by atoms with van der Waals surface area (Å²) in [6.07, 6.45) is 0.545. The zero-order chi connectivity index (χ0) is 18.7. The molecule has 1 aromatic rings. The molecule has 0 aromatic heterocycles. The quantitative estimate of drug-likeness (QED) is 0.342. The minimum absolute atomic E-state index is 0.140. The molecule has 1 unspecified atom stereocenters. The summed E-state index contributed by atoms with van der Waals surface area (Å²) in [5.41, 5.74) is 0.836. The maximum Gasteiger partial charge on any atom is 0.191 e. The number of nitrogens with one attached hydrogen (secondary N) is 2. The molecule has 6 nitrogen and oxygen atoms in total. The van der Waals surface area contributed by atoms with E-state index in [-0.39, 0.29) is 6.10 Å². The normalized spacial score (nSPS) is 13.2. The second-order valence-corrected chi connectivity index (χ2v) is 6.55. The molecule has 25 heavy (non-hydrogen) atoms. The first-order valence-electron chi connectivity index (χ1n) is 9.04. The predicted octanol–water partition coefficient (Wildman–Crippen LogP) is 2.01. The van der Waals surface area contributed by atoms with Gasteiger partial charge in [0, 0.05) is 13.1 Å². The van der Waals surface area contributed by atoms with Crippen LogP contribution in [0.4, 0.5) is 0 Å². The number of ether oxygens (including phenoxy) is 1. The van der Waals surface area contributed by atoms with Crippen molar-refractivity contribution in [1.82, 2.24) is 15.5 Å². The number of nitrogens with zero attached hydrogens (tertiary/aromatic N) is 2. The van der Waals surface area contributed by atoms with Crippen LogP contribution in [-0.2, 0) is 0 Å². The van der Waals surface area contributed by atoms with Crippen LogP contribution in [0, 0.1) is 0 Å². The highest BCUT2D eigenvalue weighted by atomic mass is 16.5. The number of hydrogen-bond donors (Lipinski definition) is 3. The molecule has 1 rings (SSSR count). The average molecular weight is 351 g/mol. The van der Waals surface area contributed by atoms with Crippen molar-refractivity contribution in [3.63, 3.8) is 0 Å². The summed E-state index contributed by atoms with van der Waals surface area (Å²) in [5, 5.41) is 16.8. The van der Waals surface area contributed by atoms with Crippen LogP contribution in [0.1, 0.15) is 38.9 Å². The lowest BCUT2D eigenvalue weighted by atomic mass is 10.1. The fraction of sp³-hybridized carbons (Fsp3) is 0.632. The molecule has 6 heteroatoms. The van der Waals surface area contributed by atoms with Crippen molar-refractivity contribution in [1.29, 1.82) is 0 Å². The maximum absolute atomic E-state index is 10.3. The molecule has 1 aromatic carbocycles. The molecule has 0 aliphatic heterocycles. The number of rotatable bonds is 10. The number of aliphatic imine (C=N–C) groups is 1. The van der Waals surface area contributed by atoms with Gasteiger partial charge in [-0.1, -0.05) is 12.1 Å². The first-order chi connectivity index (χ1) is 11.9. The van der Waals surface area contributed by atoms with E-state index in [0.717, 1.165) is 43.3 Å². The standard InChI is InChI=1S/C19H34N4O2/c1-6-20-19(21-12-7-13-23(4)5)22-14-18(24)16-8-10-17(11-9-16)25-15(2)3/h8-11,15,18,24H,6-7,12-14H2,1-5H3,(H2,20,21,22). The van der Waals surface area contributed by atoms with Crippen molar-refractivity contribution < 1.29 is 9.84 Å². The molecule has 142 valence electrons. The summed E-state index contributed by atoms with van der Waals surface area (Å²) in [5.74, 6) is 1.55. The van der Waals surface area contributed by atoms with E-state index in [1.807, 2.05) is 45.0 Å². The third-order valence-corrected chi connectivity index (χ3v) is 3.48. The molecular weight excluding hydrogens is 316 g/mol. The van der Waals surface area contributed by atoms with E-state index in [4.69, 9.17) is 4.74 Å². The van der Waals surface area contributed by atoms with Gasteiger partial charge in [0.2, 0.25) is 0 Å². The summed E-state index contributed by atoms with van der Waals surface area (Å²) in [6, 6.07) is 7.53. The minimum atomic E-state index is -0.634. The molecule has 1 atom stereocenters. The molecule has 0 radical (unpaired) electrons. The molecule has 3 N–H and O–H groups in total. The monoisotopic (exact) mass is 350 g/mol. The van der Waals surface area contributed by atoms with Gasteiger partial charge in [0.15, 0.2) is 5.96 Å². The summed E-state index contributed by atoms with van der Waals surface area (Å²) in [4.78, 5) is 6.63. The number of aliphatic hydroxyl groups is 1. The molecule has 0 spiro atoms. The zero-order valence-corrected chi connectivity index (χ0v) is 16.2. The fourth-order valence-electron chi connectivity index (χ4n) is 2.27. The van der Waals surface area contributed by atoms with Crippen molar-refractivity contribution >= 4 is 5.96 Å². The number of aliphatic hydroxyl groups excluding tert-OH is 1. The molecule has 0 fully saturated rings. The van der Waals surface area contributed by atoms with Gasteiger partial charge in [0.1, 0.15) is 5.75 Å². The molecule has 0 aliphatic rings. The highest BCUT2D eigenvalue weighted by molar-refractivity contribution is 5.79. The van der Waals surface area contributed by atoms with Gasteiger partial charge >= 0.3 is 0 Å². The van der Waals surface area contributed by atoms with Crippen molar-refractivity contribution in [2.45, 2.75) is 39.4 Å². The van der Waals surface area contributed by atoms with Gasteiger partial charge in [-0.05, 0) is 65.5 Å². The van der Waals surface area contributed by atoms with Crippen LogP contribution in [-0.4, -0.2) is 62.3 Å². The SMILES string of the molecule is CCNC(=NCC(O)c1ccc(OC(C)C)cc1)NCCCN(C)C. The van der Waals surface area contributed by atoms with E-state index in [1.165, 1.54) is 0 Å². The number of hydrogen-bond acceptors (Lipinski definition) is 4. The van der Waals surface area contributed by atoms with Crippen molar-refractivity contribution in [3.05, 3.63) is 29.8 Å². The van der Waals surface area contributed by atoms with Gasteiger partial charge in [0.25, 0.3) is 0 Å². The van der Waals surface area contributed by atoms with Crippen LogP contribution < -0.4 is 15.4 Å². The van der Waals surface area contributed by atoms with Gasteiger partial charge in [-0.3, -0.25) is 4.99 Å². The Morgan fingerprint density at radius 2 is 1.88 bits per heavy atom. The molecule has 0 saturated heterocycles. The molecular formula is C19H34N4O2. The van der Waals surface area contributed by atoms with Crippen LogP contribution in [0.15, 0.2) is 29.3 Å². The van der Waals surface area contributed by atoms with E-state index in [2.05, 4.69) is 34.6 Å². The Hall–Kier alpha value is -1.79. The first-order valence-corrected chi connectivity index (χ1v) is 9.04. The predicted molar refractivity (Wildman–Crippen MR) is 104 cm³/mol. The summed E-state index contributed by atoms with van der Waals surface area (Å²) >= 11 is 0. The van der Waals surface area contributed by atoms with Gasteiger partial charge in [-0.15, -0.1) is 0 Å². The van der Waals surface area contributed by atoms with Crippen molar-refractivity contribution in [3.8, 4) is 5.75 Å². The summed E-state index contributed by atoms with van der Waals surface area (Å²) < 4.78 is 5.62. The Balaban J connectivity index is 2.53. The van der Waals surface area contributed by atoms with E-state index < -0.39 is 6.10 Å².